The first-order valence-corrected chi connectivity index (χ1v) is 6.79. The summed E-state index contributed by atoms with van der Waals surface area (Å²) < 4.78 is 0. The molecule has 1 unspecified atom stereocenters. The zero-order chi connectivity index (χ0) is 9.52. The molecule has 0 amide bonds. The Hall–Kier alpha value is 0.310. The maximum absolute atomic E-state index is 3.57. The SMILES string of the molecule is CCCNC(C)CC1CCSCC1. The zero-order valence-electron chi connectivity index (χ0n) is 9.01. The van der Waals surface area contributed by atoms with Gasteiger partial charge in [-0.3, -0.25) is 0 Å². The van der Waals surface area contributed by atoms with Gasteiger partial charge in [-0.15, -0.1) is 0 Å². The molecule has 2 heteroatoms. The molecular formula is C11H23NS. The number of rotatable bonds is 5. The van der Waals surface area contributed by atoms with Crippen molar-refractivity contribution in [3.63, 3.8) is 0 Å². The molecule has 1 rings (SSSR count). The summed E-state index contributed by atoms with van der Waals surface area (Å²) >= 11 is 2.12. The molecular weight excluding hydrogens is 178 g/mol. The van der Waals surface area contributed by atoms with Gasteiger partial charge in [-0.05, 0) is 56.6 Å². The van der Waals surface area contributed by atoms with Crippen molar-refractivity contribution in [2.45, 2.75) is 45.6 Å². The van der Waals surface area contributed by atoms with Crippen LogP contribution in [0, 0.1) is 5.92 Å². The van der Waals surface area contributed by atoms with Crippen LogP contribution in [0.4, 0.5) is 0 Å². The lowest BCUT2D eigenvalue weighted by molar-refractivity contribution is 0.380. The van der Waals surface area contributed by atoms with E-state index in [2.05, 4.69) is 30.9 Å². The fourth-order valence-electron chi connectivity index (χ4n) is 1.96. The Bertz CT molecular complexity index is 121. The van der Waals surface area contributed by atoms with Crippen molar-refractivity contribution in [3.8, 4) is 0 Å². The Labute approximate surface area is 87.1 Å². The molecule has 0 spiro atoms. The van der Waals surface area contributed by atoms with Gasteiger partial charge in [0.1, 0.15) is 0 Å². The van der Waals surface area contributed by atoms with Crippen LogP contribution in [0.5, 0.6) is 0 Å². The predicted octanol–water partition coefficient (Wildman–Crippen LogP) is 2.91. The molecule has 0 aromatic carbocycles. The molecule has 1 fully saturated rings. The quantitative estimate of drug-likeness (QED) is 0.734. The standard InChI is InChI=1S/C11H23NS/c1-3-6-12-10(2)9-11-4-7-13-8-5-11/h10-12H,3-9H2,1-2H3. The van der Waals surface area contributed by atoms with E-state index in [-0.39, 0.29) is 0 Å². The molecule has 1 aliphatic heterocycles. The first-order chi connectivity index (χ1) is 6.33. The van der Waals surface area contributed by atoms with Gasteiger partial charge in [0.2, 0.25) is 0 Å². The molecule has 1 saturated heterocycles. The largest absolute Gasteiger partial charge is 0.314 e. The van der Waals surface area contributed by atoms with E-state index in [0.717, 1.165) is 12.0 Å². The van der Waals surface area contributed by atoms with Crippen LogP contribution in [0.1, 0.15) is 39.5 Å². The summed E-state index contributed by atoms with van der Waals surface area (Å²) in [6.07, 6.45) is 5.54. The van der Waals surface area contributed by atoms with Crippen molar-refractivity contribution in [2.24, 2.45) is 5.92 Å². The molecule has 1 heterocycles. The lowest BCUT2D eigenvalue weighted by atomic mass is 9.95. The Morgan fingerprint density at radius 2 is 2.08 bits per heavy atom. The number of hydrogen-bond acceptors (Lipinski definition) is 2. The fourth-order valence-corrected chi connectivity index (χ4v) is 3.16. The molecule has 0 bridgehead atoms. The molecule has 78 valence electrons. The van der Waals surface area contributed by atoms with E-state index in [1.165, 1.54) is 43.7 Å². The average Bonchev–Trinajstić information content (AvgIpc) is 2.16. The summed E-state index contributed by atoms with van der Waals surface area (Å²) in [6.45, 7) is 5.75. The van der Waals surface area contributed by atoms with E-state index in [1.54, 1.807) is 0 Å². The van der Waals surface area contributed by atoms with Gasteiger partial charge in [0.25, 0.3) is 0 Å². The third-order valence-electron chi connectivity index (χ3n) is 2.77. The van der Waals surface area contributed by atoms with Crippen molar-refractivity contribution >= 4 is 11.8 Å². The van der Waals surface area contributed by atoms with Crippen LogP contribution in [0.15, 0.2) is 0 Å². The lowest BCUT2D eigenvalue weighted by Gasteiger charge is -2.24. The van der Waals surface area contributed by atoms with Gasteiger partial charge in [-0.2, -0.15) is 11.8 Å². The molecule has 0 aromatic heterocycles. The highest BCUT2D eigenvalue weighted by Crippen LogP contribution is 2.26. The molecule has 0 radical (unpaired) electrons. The van der Waals surface area contributed by atoms with Crippen LogP contribution in [0.2, 0.25) is 0 Å². The maximum Gasteiger partial charge on any atom is 0.00413 e. The van der Waals surface area contributed by atoms with Gasteiger partial charge in [0.05, 0.1) is 0 Å². The minimum atomic E-state index is 0.730. The molecule has 0 aliphatic carbocycles. The van der Waals surface area contributed by atoms with Gasteiger partial charge in [0, 0.05) is 6.04 Å². The van der Waals surface area contributed by atoms with E-state index in [1.807, 2.05) is 0 Å². The third-order valence-corrected chi connectivity index (χ3v) is 3.82. The number of thioether (sulfide) groups is 1. The lowest BCUT2D eigenvalue weighted by Crippen LogP contribution is -2.29. The van der Waals surface area contributed by atoms with Crippen molar-refractivity contribution in [1.82, 2.24) is 5.32 Å². The van der Waals surface area contributed by atoms with Crippen LogP contribution in [-0.2, 0) is 0 Å². The summed E-state index contributed by atoms with van der Waals surface area (Å²) in [6, 6.07) is 0.730. The van der Waals surface area contributed by atoms with Crippen molar-refractivity contribution in [1.29, 1.82) is 0 Å². The summed E-state index contributed by atoms with van der Waals surface area (Å²) in [7, 11) is 0. The van der Waals surface area contributed by atoms with Crippen LogP contribution in [0.3, 0.4) is 0 Å². The minimum absolute atomic E-state index is 0.730. The van der Waals surface area contributed by atoms with Crippen LogP contribution in [0.25, 0.3) is 0 Å². The monoisotopic (exact) mass is 201 g/mol. The second kappa shape index (κ2) is 6.72. The summed E-state index contributed by atoms with van der Waals surface area (Å²) in [5, 5.41) is 3.57. The second-order valence-corrected chi connectivity index (χ2v) is 5.37. The van der Waals surface area contributed by atoms with Crippen molar-refractivity contribution in [2.75, 3.05) is 18.1 Å². The van der Waals surface area contributed by atoms with Crippen LogP contribution < -0.4 is 5.32 Å². The molecule has 1 aliphatic rings. The Morgan fingerprint density at radius 1 is 1.38 bits per heavy atom. The van der Waals surface area contributed by atoms with Gasteiger partial charge >= 0.3 is 0 Å². The van der Waals surface area contributed by atoms with E-state index in [0.29, 0.717) is 0 Å². The smallest absolute Gasteiger partial charge is 0.00413 e. The van der Waals surface area contributed by atoms with Crippen molar-refractivity contribution in [3.05, 3.63) is 0 Å². The summed E-state index contributed by atoms with van der Waals surface area (Å²) in [4.78, 5) is 0. The summed E-state index contributed by atoms with van der Waals surface area (Å²) in [5.41, 5.74) is 0. The molecule has 1 N–H and O–H groups in total. The Kier molecular flexibility index (Phi) is 5.88. The van der Waals surface area contributed by atoms with Crippen LogP contribution >= 0.6 is 11.8 Å². The summed E-state index contributed by atoms with van der Waals surface area (Å²) in [5.74, 6) is 3.79. The highest BCUT2D eigenvalue weighted by Gasteiger charge is 2.15. The second-order valence-electron chi connectivity index (χ2n) is 4.15. The topological polar surface area (TPSA) is 12.0 Å². The first kappa shape index (κ1) is 11.4. The van der Waals surface area contributed by atoms with E-state index in [9.17, 15) is 0 Å². The molecule has 1 nitrogen and oxygen atoms in total. The minimum Gasteiger partial charge on any atom is -0.314 e. The highest BCUT2D eigenvalue weighted by molar-refractivity contribution is 7.99. The fraction of sp³-hybridized carbons (Fsp3) is 1.00. The molecule has 0 aromatic rings. The van der Waals surface area contributed by atoms with Gasteiger partial charge in [0.15, 0.2) is 0 Å². The van der Waals surface area contributed by atoms with E-state index < -0.39 is 0 Å². The number of hydrogen-bond donors (Lipinski definition) is 1. The normalized spacial score (nSPS) is 21.7. The predicted molar refractivity (Wildman–Crippen MR) is 62.4 cm³/mol. The highest BCUT2D eigenvalue weighted by atomic mass is 32.2. The van der Waals surface area contributed by atoms with Crippen molar-refractivity contribution < 1.29 is 0 Å². The number of nitrogens with one attached hydrogen (secondary N) is 1. The maximum atomic E-state index is 3.57. The molecule has 1 atom stereocenters. The van der Waals surface area contributed by atoms with Gasteiger partial charge in [-0.1, -0.05) is 6.92 Å². The Morgan fingerprint density at radius 3 is 2.69 bits per heavy atom. The third kappa shape index (κ3) is 4.92. The van der Waals surface area contributed by atoms with Gasteiger partial charge in [-0.25, -0.2) is 0 Å². The van der Waals surface area contributed by atoms with Gasteiger partial charge < -0.3 is 5.32 Å². The molecule has 13 heavy (non-hydrogen) atoms. The average molecular weight is 201 g/mol. The zero-order valence-corrected chi connectivity index (χ0v) is 9.83. The van der Waals surface area contributed by atoms with E-state index in [4.69, 9.17) is 0 Å². The van der Waals surface area contributed by atoms with Crippen LogP contribution in [-0.4, -0.2) is 24.1 Å². The first-order valence-electron chi connectivity index (χ1n) is 5.64. The molecule has 0 saturated carbocycles. The van der Waals surface area contributed by atoms with E-state index >= 15 is 0 Å². The Balaban J connectivity index is 2.07.